The van der Waals surface area contributed by atoms with E-state index in [0.29, 0.717) is 29.4 Å². The van der Waals surface area contributed by atoms with E-state index in [4.69, 9.17) is 23.2 Å². The molecule has 6 heteroatoms. The Kier molecular flexibility index (Phi) is 8.81. The standard InChI is InChI=1S/C22H26Cl2N2O2/c1-3-13-25-22(28)16(2)26(15-18-10-11-19(23)14-20(18)24)21(27)12-9-17-7-5-4-6-8-17/h4-8,10-11,14,16H,3,9,12-13,15H2,1-2H3,(H,25,28). The molecule has 0 bridgehead atoms. The number of nitrogens with one attached hydrogen (secondary N) is 1. The van der Waals surface area contributed by atoms with Gasteiger partial charge in [0.25, 0.3) is 0 Å². The topological polar surface area (TPSA) is 49.4 Å². The number of rotatable bonds is 9. The van der Waals surface area contributed by atoms with Crippen LogP contribution in [0.4, 0.5) is 0 Å². The number of amides is 2. The minimum absolute atomic E-state index is 0.0889. The van der Waals surface area contributed by atoms with E-state index in [0.717, 1.165) is 17.5 Å². The fourth-order valence-corrected chi connectivity index (χ4v) is 3.32. The Labute approximate surface area is 176 Å². The summed E-state index contributed by atoms with van der Waals surface area (Å²) in [5.74, 6) is -0.256. The van der Waals surface area contributed by atoms with Gasteiger partial charge in [-0.25, -0.2) is 0 Å². The Balaban J connectivity index is 2.16. The quantitative estimate of drug-likeness (QED) is 0.628. The van der Waals surface area contributed by atoms with Gasteiger partial charge in [0, 0.05) is 29.6 Å². The molecule has 2 amide bonds. The normalized spacial score (nSPS) is 11.7. The number of halogens is 2. The van der Waals surface area contributed by atoms with Crippen LogP contribution in [-0.4, -0.2) is 29.3 Å². The van der Waals surface area contributed by atoms with Crippen molar-refractivity contribution in [1.82, 2.24) is 10.2 Å². The molecular formula is C22H26Cl2N2O2. The molecule has 0 aliphatic heterocycles. The minimum atomic E-state index is -0.596. The molecule has 2 aromatic carbocycles. The van der Waals surface area contributed by atoms with E-state index in [1.807, 2.05) is 37.3 Å². The number of carbonyl (C=O) groups is 2. The third-order valence-electron chi connectivity index (χ3n) is 4.54. The highest BCUT2D eigenvalue weighted by Gasteiger charge is 2.26. The minimum Gasteiger partial charge on any atom is -0.354 e. The Morgan fingerprint density at radius 3 is 2.46 bits per heavy atom. The molecule has 0 spiro atoms. The molecule has 0 aliphatic rings. The van der Waals surface area contributed by atoms with Crippen molar-refractivity contribution in [2.24, 2.45) is 0 Å². The molecular weight excluding hydrogens is 395 g/mol. The lowest BCUT2D eigenvalue weighted by Gasteiger charge is -2.29. The summed E-state index contributed by atoms with van der Waals surface area (Å²) < 4.78 is 0. The summed E-state index contributed by atoms with van der Waals surface area (Å²) >= 11 is 12.3. The highest BCUT2D eigenvalue weighted by Crippen LogP contribution is 2.23. The summed E-state index contributed by atoms with van der Waals surface area (Å²) in [4.78, 5) is 27.1. The maximum Gasteiger partial charge on any atom is 0.242 e. The van der Waals surface area contributed by atoms with Gasteiger partial charge in [0.1, 0.15) is 6.04 Å². The van der Waals surface area contributed by atoms with Gasteiger partial charge in [-0.2, -0.15) is 0 Å². The number of nitrogens with zero attached hydrogens (tertiary/aromatic N) is 1. The Hall–Kier alpha value is -2.04. The lowest BCUT2D eigenvalue weighted by atomic mass is 10.1. The number of hydrogen-bond donors (Lipinski definition) is 1. The van der Waals surface area contributed by atoms with Crippen molar-refractivity contribution in [1.29, 1.82) is 0 Å². The van der Waals surface area contributed by atoms with Gasteiger partial charge in [0.15, 0.2) is 0 Å². The molecule has 0 aliphatic carbocycles. The van der Waals surface area contributed by atoms with E-state index in [9.17, 15) is 9.59 Å². The molecule has 1 N–H and O–H groups in total. The first kappa shape index (κ1) is 22.3. The van der Waals surface area contributed by atoms with E-state index < -0.39 is 6.04 Å². The molecule has 4 nitrogen and oxygen atoms in total. The first-order valence-electron chi connectivity index (χ1n) is 9.47. The number of carbonyl (C=O) groups excluding carboxylic acids is 2. The highest BCUT2D eigenvalue weighted by molar-refractivity contribution is 6.35. The van der Waals surface area contributed by atoms with Gasteiger partial charge >= 0.3 is 0 Å². The fourth-order valence-electron chi connectivity index (χ4n) is 2.85. The maximum atomic E-state index is 13.0. The van der Waals surface area contributed by atoms with Gasteiger partial charge in [-0.1, -0.05) is 66.5 Å². The van der Waals surface area contributed by atoms with Crippen molar-refractivity contribution in [2.75, 3.05) is 6.54 Å². The van der Waals surface area contributed by atoms with Crippen LogP contribution in [0.5, 0.6) is 0 Å². The lowest BCUT2D eigenvalue weighted by molar-refractivity contribution is -0.140. The van der Waals surface area contributed by atoms with Gasteiger partial charge in [-0.15, -0.1) is 0 Å². The zero-order valence-corrected chi connectivity index (χ0v) is 17.8. The van der Waals surface area contributed by atoms with Crippen LogP contribution < -0.4 is 5.32 Å². The fraction of sp³-hybridized carbons (Fsp3) is 0.364. The smallest absolute Gasteiger partial charge is 0.242 e. The molecule has 0 saturated heterocycles. The summed E-state index contributed by atoms with van der Waals surface area (Å²) in [6, 6.07) is 14.4. The monoisotopic (exact) mass is 420 g/mol. The van der Waals surface area contributed by atoms with Crippen molar-refractivity contribution >= 4 is 35.0 Å². The summed E-state index contributed by atoms with van der Waals surface area (Å²) in [7, 11) is 0. The van der Waals surface area contributed by atoms with E-state index in [1.165, 1.54) is 0 Å². The maximum absolute atomic E-state index is 13.0. The van der Waals surface area contributed by atoms with Crippen molar-refractivity contribution in [3.05, 3.63) is 69.7 Å². The average Bonchev–Trinajstić information content (AvgIpc) is 2.70. The number of benzene rings is 2. The van der Waals surface area contributed by atoms with Gasteiger partial charge in [-0.05, 0) is 43.0 Å². The van der Waals surface area contributed by atoms with Crippen LogP contribution in [0, 0.1) is 0 Å². The summed E-state index contributed by atoms with van der Waals surface area (Å²) in [6.45, 7) is 4.57. The van der Waals surface area contributed by atoms with E-state index in [-0.39, 0.29) is 18.4 Å². The van der Waals surface area contributed by atoms with Crippen LogP contribution >= 0.6 is 23.2 Å². The number of hydrogen-bond acceptors (Lipinski definition) is 2. The zero-order valence-electron chi connectivity index (χ0n) is 16.3. The molecule has 0 heterocycles. The molecule has 150 valence electrons. The van der Waals surface area contributed by atoms with Gasteiger partial charge in [0.2, 0.25) is 11.8 Å². The third-order valence-corrected chi connectivity index (χ3v) is 5.13. The second-order valence-corrected chi connectivity index (χ2v) is 7.55. The molecule has 2 rings (SSSR count). The van der Waals surface area contributed by atoms with Gasteiger partial charge in [0.05, 0.1) is 0 Å². The van der Waals surface area contributed by atoms with Crippen LogP contribution in [0.1, 0.15) is 37.8 Å². The molecule has 0 fully saturated rings. The third kappa shape index (κ3) is 6.54. The summed E-state index contributed by atoms with van der Waals surface area (Å²) in [5.41, 5.74) is 1.85. The van der Waals surface area contributed by atoms with E-state index in [1.54, 1.807) is 30.0 Å². The molecule has 1 atom stereocenters. The van der Waals surface area contributed by atoms with Crippen molar-refractivity contribution in [2.45, 2.75) is 45.7 Å². The van der Waals surface area contributed by atoms with Crippen molar-refractivity contribution < 1.29 is 9.59 Å². The molecule has 0 saturated carbocycles. The van der Waals surface area contributed by atoms with Crippen LogP contribution in [0.25, 0.3) is 0 Å². The average molecular weight is 421 g/mol. The zero-order chi connectivity index (χ0) is 20.5. The van der Waals surface area contributed by atoms with Gasteiger partial charge < -0.3 is 10.2 Å². The molecule has 1 unspecified atom stereocenters. The lowest BCUT2D eigenvalue weighted by Crippen LogP contribution is -2.47. The second kappa shape index (κ2) is 11.1. The largest absolute Gasteiger partial charge is 0.354 e. The first-order valence-corrected chi connectivity index (χ1v) is 10.2. The number of aryl methyl sites for hydroxylation is 1. The Morgan fingerprint density at radius 2 is 1.82 bits per heavy atom. The highest BCUT2D eigenvalue weighted by atomic mass is 35.5. The molecule has 0 aromatic heterocycles. The second-order valence-electron chi connectivity index (χ2n) is 6.71. The first-order chi connectivity index (χ1) is 13.4. The Morgan fingerprint density at radius 1 is 1.11 bits per heavy atom. The van der Waals surface area contributed by atoms with Crippen molar-refractivity contribution in [3.63, 3.8) is 0 Å². The SMILES string of the molecule is CCCNC(=O)C(C)N(Cc1ccc(Cl)cc1Cl)C(=O)CCc1ccccc1. The predicted molar refractivity (Wildman–Crippen MR) is 115 cm³/mol. The van der Waals surface area contributed by atoms with E-state index >= 15 is 0 Å². The predicted octanol–water partition coefficient (Wildman–Crippen LogP) is 4.87. The van der Waals surface area contributed by atoms with E-state index in [2.05, 4.69) is 5.32 Å². The molecule has 28 heavy (non-hydrogen) atoms. The van der Waals surface area contributed by atoms with Crippen LogP contribution in [0.15, 0.2) is 48.5 Å². The summed E-state index contributed by atoms with van der Waals surface area (Å²) in [5, 5.41) is 3.88. The Bertz CT molecular complexity index is 796. The van der Waals surface area contributed by atoms with Crippen molar-refractivity contribution in [3.8, 4) is 0 Å². The van der Waals surface area contributed by atoms with Crippen LogP contribution in [-0.2, 0) is 22.6 Å². The van der Waals surface area contributed by atoms with Crippen LogP contribution in [0.3, 0.4) is 0 Å². The van der Waals surface area contributed by atoms with Gasteiger partial charge in [-0.3, -0.25) is 9.59 Å². The van der Waals surface area contributed by atoms with Crippen LogP contribution in [0.2, 0.25) is 10.0 Å². The molecule has 2 aromatic rings. The summed E-state index contributed by atoms with van der Waals surface area (Å²) in [6.07, 6.45) is 1.78. The molecule has 0 radical (unpaired) electrons.